The third-order valence-corrected chi connectivity index (χ3v) is 4.49. The molecule has 0 aliphatic rings. The number of carbonyl (C=O) groups is 1. The summed E-state index contributed by atoms with van der Waals surface area (Å²) in [4.78, 5) is 11.7. The Kier molecular flexibility index (Phi) is 3.41. The monoisotopic (exact) mass is 279 g/mol. The van der Waals surface area contributed by atoms with Crippen LogP contribution in [0.15, 0.2) is 66.5 Å². The summed E-state index contributed by atoms with van der Waals surface area (Å²) in [5.41, 5.74) is 9.78. The molecule has 0 aliphatic heterocycles. The van der Waals surface area contributed by atoms with E-state index in [9.17, 15) is 4.79 Å². The normalized spacial score (nSPS) is 10.8. The van der Waals surface area contributed by atoms with Gasteiger partial charge >= 0.3 is 0 Å². The summed E-state index contributed by atoms with van der Waals surface area (Å²) in [7, 11) is 0.335. The van der Waals surface area contributed by atoms with Crippen LogP contribution in [0.4, 0.5) is 0 Å². The van der Waals surface area contributed by atoms with Crippen LogP contribution >= 0.6 is 8.19 Å². The fourth-order valence-electron chi connectivity index (χ4n) is 2.37. The molecule has 1 unspecified atom stereocenters. The van der Waals surface area contributed by atoms with Crippen molar-refractivity contribution in [3.05, 3.63) is 71.8 Å². The molecule has 0 bridgehead atoms. The van der Waals surface area contributed by atoms with E-state index in [1.165, 1.54) is 0 Å². The van der Waals surface area contributed by atoms with E-state index < -0.39 is 0 Å². The Morgan fingerprint density at radius 2 is 1.40 bits per heavy atom. The minimum Gasteiger partial charge on any atom is -0.365 e. The molecule has 3 aromatic rings. The number of hydrogen-bond donors (Lipinski definition) is 1. The van der Waals surface area contributed by atoms with Crippen molar-refractivity contribution < 1.29 is 4.79 Å². The van der Waals surface area contributed by atoms with Gasteiger partial charge in [0, 0.05) is 5.56 Å². The van der Waals surface area contributed by atoms with Crippen LogP contribution in [0.5, 0.6) is 0 Å². The summed E-state index contributed by atoms with van der Waals surface area (Å²) in [5, 5.41) is 0.718. The van der Waals surface area contributed by atoms with E-state index in [0.29, 0.717) is 8.19 Å². The van der Waals surface area contributed by atoms with Gasteiger partial charge in [-0.25, -0.2) is 0 Å². The lowest BCUT2D eigenvalue weighted by Gasteiger charge is -2.07. The molecule has 2 aromatic carbocycles. The topological polar surface area (TPSA) is 43.1 Å². The summed E-state index contributed by atoms with van der Waals surface area (Å²) in [6.45, 7) is 0. The van der Waals surface area contributed by atoms with Gasteiger partial charge in [0.1, 0.15) is 0 Å². The van der Waals surface area contributed by atoms with Crippen LogP contribution in [0.2, 0.25) is 0 Å². The molecule has 0 saturated heterocycles. The Labute approximate surface area is 119 Å². The Morgan fingerprint density at radius 3 is 1.95 bits per heavy atom. The van der Waals surface area contributed by atoms with Gasteiger partial charge in [0.2, 0.25) is 0 Å². The molecule has 1 atom stereocenters. The van der Waals surface area contributed by atoms with Crippen molar-refractivity contribution >= 4 is 14.1 Å². The first kappa shape index (κ1) is 12.7. The minimum atomic E-state index is -0.329. The summed E-state index contributed by atoms with van der Waals surface area (Å²) < 4.78 is 0. The molecule has 0 spiro atoms. The molecule has 2 nitrogen and oxygen atoms in total. The maximum atomic E-state index is 11.7. The standard InChI is InChI=1S/C17H14NOP/c18-17(19)16-15(13-9-5-2-6-10-13)14(11-20-16)12-7-3-1-4-8-12/h1-11,20H,(H2,18,19). The van der Waals surface area contributed by atoms with Gasteiger partial charge in [-0.3, -0.25) is 4.79 Å². The van der Waals surface area contributed by atoms with Gasteiger partial charge in [-0.15, -0.1) is 8.19 Å². The van der Waals surface area contributed by atoms with Gasteiger partial charge in [0.25, 0.3) is 5.91 Å². The van der Waals surface area contributed by atoms with E-state index in [-0.39, 0.29) is 5.91 Å². The average Bonchev–Trinajstić information content (AvgIpc) is 2.94. The zero-order chi connectivity index (χ0) is 13.9. The predicted molar refractivity (Wildman–Crippen MR) is 85.3 cm³/mol. The van der Waals surface area contributed by atoms with Crippen LogP contribution in [-0.4, -0.2) is 5.91 Å². The maximum absolute atomic E-state index is 11.7. The van der Waals surface area contributed by atoms with E-state index in [1.807, 2.05) is 48.5 Å². The van der Waals surface area contributed by atoms with Crippen molar-refractivity contribution in [2.24, 2.45) is 5.73 Å². The molecule has 20 heavy (non-hydrogen) atoms. The van der Waals surface area contributed by atoms with Gasteiger partial charge in [0.15, 0.2) is 0 Å². The highest BCUT2D eigenvalue weighted by molar-refractivity contribution is 7.32. The molecule has 1 aromatic heterocycles. The molecule has 1 amide bonds. The third kappa shape index (κ3) is 2.26. The second-order valence-corrected chi connectivity index (χ2v) is 5.63. The zero-order valence-corrected chi connectivity index (χ0v) is 11.8. The first-order valence-corrected chi connectivity index (χ1v) is 7.47. The molecule has 98 valence electrons. The molecule has 0 aliphatic carbocycles. The van der Waals surface area contributed by atoms with E-state index in [0.717, 1.165) is 27.5 Å². The molecule has 0 radical (unpaired) electrons. The Hall–Kier alpha value is -2.31. The fraction of sp³-hybridized carbons (Fsp3) is 0. The predicted octanol–water partition coefficient (Wildman–Crippen LogP) is 4.15. The van der Waals surface area contributed by atoms with Crippen LogP contribution in [0.25, 0.3) is 22.3 Å². The number of primary amides is 1. The fourth-order valence-corrected chi connectivity index (χ4v) is 3.53. The summed E-state index contributed by atoms with van der Waals surface area (Å²) in [6, 6.07) is 20.1. The van der Waals surface area contributed by atoms with E-state index in [4.69, 9.17) is 5.73 Å². The largest absolute Gasteiger partial charge is 0.365 e. The second-order valence-electron chi connectivity index (χ2n) is 4.55. The molecular weight excluding hydrogens is 265 g/mol. The van der Waals surface area contributed by atoms with Gasteiger partial charge in [-0.2, -0.15) is 0 Å². The maximum Gasteiger partial charge on any atom is 0.253 e. The average molecular weight is 279 g/mol. The molecule has 1 heterocycles. The molecule has 2 N–H and O–H groups in total. The van der Waals surface area contributed by atoms with Crippen molar-refractivity contribution in [3.63, 3.8) is 0 Å². The number of nitrogens with two attached hydrogens (primary N) is 1. The minimum absolute atomic E-state index is 0.329. The third-order valence-electron chi connectivity index (χ3n) is 3.27. The van der Waals surface area contributed by atoms with Crippen LogP contribution in [0, 0.1) is 0 Å². The van der Waals surface area contributed by atoms with E-state index in [1.54, 1.807) is 0 Å². The van der Waals surface area contributed by atoms with Gasteiger partial charge < -0.3 is 5.73 Å². The Morgan fingerprint density at radius 1 is 0.850 bits per heavy atom. The smallest absolute Gasteiger partial charge is 0.253 e. The van der Waals surface area contributed by atoms with E-state index in [2.05, 4.69) is 17.9 Å². The summed E-state index contributed by atoms with van der Waals surface area (Å²) in [6.07, 6.45) is 0. The van der Waals surface area contributed by atoms with Crippen molar-refractivity contribution in [2.45, 2.75) is 0 Å². The number of rotatable bonds is 3. The quantitative estimate of drug-likeness (QED) is 0.769. The second kappa shape index (κ2) is 5.36. The molecular formula is C17H14NOP. The van der Waals surface area contributed by atoms with Gasteiger partial charge in [0.05, 0.1) is 5.30 Å². The SMILES string of the molecule is NC(=O)c1[pH]cc(-c2ccccc2)c1-c1ccccc1. The van der Waals surface area contributed by atoms with Crippen LogP contribution < -0.4 is 5.73 Å². The van der Waals surface area contributed by atoms with E-state index >= 15 is 0 Å². The lowest BCUT2D eigenvalue weighted by molar-refractivity contribution is 0.100. The Balaban J connectivity index is 2.25. The number of benzene rings is 2. The van der Waals surface area contributed by atoms with Crippen molar-refractivity contribution in [1.82, 2.24) is 0 Å². The lowest BCUT2D eigenvalue weighted by Crippen LogP contribution is -2.09. The van der Waals surface area contributed by atoms with Crippen LogP contribution in [-0.2, 0) is 0 Å². The van der Waals surface area contributed by atoms with Crippen molar-refractivity contribution in [3.8, 4) is 22.3 Å². The highest BCUT2D eigenvalue weighted by Gasteiger charge is 2.17. The molecule has 3 heteroatoms. The first-order chi connectivity index (χ1) is 9.77. The lowest BCUT2D eigenvalue weighted by atomic mass is 9.97. The highest BCUT2D eigenvalue weighted by atomic mass is 31.0. The van der Waals surface area contributed by atoms with Gasteiger partial charge in [-0.1, -0.05) is 60.7 Å². The van der Waals surface area contributed by atoms with Crippen LogP contribution in [0.3, 0.4) is 0 Å². The number of carbonyl (C=O) groups excluding carboxylic acids is 1. The molecule has 0 saturated carbocycles. The van der Waals surface area contributed by atoms with Crippen molar-refractivity contribution in [2.75, 3.05) is 0 Å². The highest BCUT2D eigenvalue weighted by Crippen LogP contribution is 2.41. The molecule has 0 fully saturated rings. The van der Waals surface area contributed by atoms with Crippen LogP contribution in [0.1, 0.15) is 10.1 Å². The number of hydrogen-bond acceptors (Lipinski definition) is 1. The number of amides is 1. The zero-order valence-electron chi connectivity index (χ0n) is 10.8. The first-order valence-electron chi connectivity index (χ1n) is 6.39. The molecule has 3 rings (SSSR count). The summed E-state index contributed by atoms with van der Waals surface area (Å²) >= 11 is 0. The van der Waals surface area contributed by atoms with Gasteiger partial charge in [-0.05, 0) is 22.5 Å². The summed E-state index contributed by atoms with van der Waals surface area (Å²) in [5.74, 6) is 1.78. The Bertz CT molecular complexity index is 732. The van der Waals surface area contributed by atoms with Crippen molar-refractivity contribution in [1.29, 1.82) is 0 Å².